The SMILES string of the molecule is Cc1cc(OCCN(C)C)ccc1Nc1oc(C=C2C=Nc3ncccc32)c(O)c1C(=O)O. The molecular formula is C24H24N4O5. The third kappa shape index (κ3) is 4.73. The lowest BCUT2D eigenvalue weighted by Gasteiger charge is -2.13. The highest BCUT2D eigenvalue weighted by Crippen LogP contribution is 2.39. The van der Waals surface area contributed by atoms with Crippen molar-refractivity contribution < 1.29 is 24.2 Å². The minimum atomic E-state index is -1.31. The van der Waals surface area contributed by atoms with E-state index in [1.807, 2.05) is 38.1 Å². The molecule has 0 aliphatic carbocycles. The number of aliphatic imine (C=N–C) groups is 1. The summed E-state index contributed by atoms with van der Waals surface area (Å²) in [5.41, 5.74) is 2.52. The highest BCUT2D eigenvalue weighted by Gasteiger charge is 2.26. The van der Waals surface area contributed by atoms with Gasteiger partial charge in [-0.25, -0.2) is 14.8 Å². The second kappa shape index (κ2) is 9.17. The molecule has 0 bridgehead atoms. The summed E-state index contributed by atoms with van der Waals surface area (Å²) < 4.78 is 11.5. The number of aromatic nitrogens is 1. The van der Waals surface area contributed by atoms with Crippen molar-refractivity contribution in [3.8, 4) is 11.5 Å². The van der Waals surface area contributed by atoms with Crippen LogP contribution >= 0.6 is 0 Å². The maximum Gasteiger partial charge on any atom is 0.345 e. The molecule has 3 N–H and O–H groups in total. The Morgan fingerprint density at radius 1 is 1.30 bits per heavy atom. The van der Waals surface area contributed by atoms with Crippen molar-refractivity contribution in [2.75, 3.05) is 32.6 Å². The average molecular weight is 448 g/mol. The van der Waals surface area contributed by atoms with Gasteiger partial charge in [-0.05, 0) is 63.0 Å². The number of hydrogen-bond donors (Lipinski definition) is 3. The topological polar surface area (TPSA) is 120 Å². The number of carbonyl (C=O) groups is 1. The van der Waals surface area contributed by atoms with Crippen LogP contribution in [0.2, 0.25) is 0 Å². The summed E-state index contributed by atoms with van der Waals surface area (Å²) in [6, 6.07) is 9.02. The Labute approximate surface area is 190 Å². The first kappa shape index (κ1) is 22.1. The van der Waals surface area contributed by atoms with Gasteiger partial charge in [0.2, 0.25) is 5.88 Å². The Morgan fingerprint density at radius 3 is 2.85 bits per heavy atom. The molecule has 0 radical (unpaired) electrons. The standard InChI is InChI=1S/C24H24N4O5/c1-14-11-16(32-10-9-28(2)3)6-7-18(14)27-23-20(24(30)31)21(29)19(33-23)12-15-13-26-22-17(15)5-4-8-25-22/h4-8,11-13,27,29H,9-10H2,1-3H3,(H,30,31). The molecule has 9 nitrogen and oxygen atoms in total. The van der Waals surface area contributed by atoms with Crippen LogP contribution in [0, 0.1) is 6.92 Å². The van der Waals surface area contributed by atoms with Crippen molar-refractivity contribution in [3.63, 3.8) is 0 Å². The van der Waals surface area contributed by atoms with Crippen molar-refractivity contribution >= 4 is 41.2 Å². The summed E-state index contributed by atoms with van der Waals surface area (Å²) in [6.45, 7) is 3.21. The van der Waals surface area contributed by atoms with Gasteiger partial charge in [-0.15, -0.1) is 0 Å². The molecule has 1 aliphatic rings. The van der Waals surface area contributed by atoms with E-state index in [0.717, 1.165) is 17.7 Å². The average Bonchev–Trinajstić information content (AvgIpc) is 3.31. The Kier molecular flexibility index (Phi) is 6.14. The number of aryl methyl sites for hydroxylation is 1. The molecule has 1 aliphatic heterocycles. The second-order valence-corrected chi connectivity index (χ2v) is 7.81. The van der Waals surface area contributed by atoms with E-state index in [1.54, 1.807) is 36.7 Å². The second-order valence-electron chi connectivity index (χ2n) is 7.81. The fraction of sp³-hybridized carbons (Fsp3) is 0.208. The summed E-state index contributed by atoms with van der Waals surface area (Å²) in [4.78, 5) is 22.3. The number of anilines is 2. The van der Waals surface area contributed by atoms with Crippen LogP contribution in [-0.2, 0) is 0 Å². The number of likely N-dealkylation sites (N-methyl/N-ethyl adjacent to an activating group) is 1. The fourth-order valence-corrected chi connectivity index (χ4v) is 3.34. The zero-order valence-corrected chi connectivity index (χ0v) is 18.5. The van der Waals surface area contributed by atoms with E-state index in [-0.39, 0.29) is 17.2 Å². The van der Waals surface area contributed by atoms with E-state index in [0.29, 0.717) is 29.4 Å². The van der Waals surface area contributed by atoms with Gasteiger partial charge < -0.3 is 29.6 Å². The number of carboxylic acids is 1. The van der Waals surface area contributed by atoms with Crippen LogP contribution in [-0.4, -0.2) is 59.5 Å². The molecule has 0 fully saturated rings. The number of allylic oxidation sites excluding steroid dienone is 1. The largest absolute Gasteiger partial charge is 0.504 e. The summed E-state index contributed by atoms with van der Waals surface area (Å²) in [7, 11) is 3.94. The molecule has 0 spiro atoms. The summed E-state index contributed by atoms with van der Waals surface area (Å²) in [6.07, 6.45) is 4.76. The lowest BCUT2D eigenvalue weighted by atomic mass is 10.1. The first-order valence-electron chi connectivity index (χ1n) is 10.3. The predicted octanol–water partition coefficient (Wildman–Crippen LogP) is 4.33. The number of pyridine rings is 1. The number of ether oxygens (including phenoxy) is 1. The maximum absolute atomic E-state index is 11.9. The fourth-order valence-electron chi connectivity index (χ4n) is 3.34. The maximum atomic E-state index is 11.9. The lowest BCUT2D eigenvalue weighted by molar-refractivity contribution is 0.0695. The van der Waals surface area contributed by atoms with E-state index in [4.69, 9.17) is 9.15 Å². The van der Waals surface area contributed by atoms with Crippen molar-refractivity contribution in [1.29, 1.82) is 0 Å². The lowest BCUT2D eigenvalue weighted by Crippen LogP contribution is -2.19. The molecule has 0 saturated heterocycles. The van der Waals surface area contributed by atoms with Crippen LogP contribution in [0.1, 0.15) is 27.2 Å². The van der Waals surface area contributed by atoms with E-state index in [2.05, 4.69) is 15.3 Å². The van der Waals surface area contributed by atoms with E-state index in [9.17, 15) is 15.0 Å². The van der Waals surface area contributed by atoms with Gasteiger partial charge in [0.05, 0.1) is 0 Å². The van der Waals surface area contributed by atoms with Gasteiger partial charge in [0.1, 0.15) is 12.4 Å². The van der Waals surface area contributed by atoms with Crippen LogP contribution in [0.4, 0.5) is 17.4 Å². The quantitative estimate of drug-likeness (QED) is 0.466. The number of carboxylic acid groups (broad SMARTS) is 1. The molecule has 0 saturated carbocycles. The number of aromatic carboxylic acids is 1. The van der Waals surface area contributed by atoms with E-state index >= 15 is 0 Å². The van der Waals surface area contributed by atoms with Gasteiger partial charge in [-0.1, -0.05) is 0 Å². The summed E-state index contributed by atoms with van der Waals surface area (Å²) in [5, 5.41) is 23.2. The number of nitrogens with one attached hydrogen (secondary N) is 1. The first-order chi connectivity index (χ1) is 15.8. The summed E-state index contributed by atoms with van der Waals surface area (Å²) in [5.74, 6) is -0.586. The van der Waals surface area contributed by atoms with Gasteiger partial charge in [0, 0.05) is 35.8 Å². The van der Waals surface area contributed by atoms with Gasteiger partial charge in [0.25, 0.3) is 0 Å². The van der Waals surface area contributed by atoms with Crippen molar-refractivity contribution in [3.05, 3.63) is 59.0 Å². The molecule has 2 aromatic heterocycles. The monoisotopic (exact) mass is 448 g/mol. The number of aromatic hydroxyl groups is 1. The molecule has 9 heteroatoms. The Morgan fingerprint density at radius 2 is 2.12 bits per heavy atom. The molecule has 3 heterocycles. The molecule has 4 rings (SSSR count). The number of fused-ring (bicyclic) bond motifs is 1. The van der Waals surface area contributed by atoms with E-state index in [1.165, 1.54) is 0 Å². The van der Waals surface area contributed by atoms with Crippen molar-refractivity contribution in [2.45, 2.75) is 6.92 Å². The van der Waals surface area contributed by atoms with Crippen molar-refractivity contribution in [1.82, 2.24) is 9.88 Å². The molecule has 170 valence electrons. The van der Waals surface area contributed by atoms with E-state index < -0.39 is 11.7 Å². The highest BCUT2D eigenvalue weighted by atomic mass is 16.5. The summed E-state index contributed by atoms with van der Waals surface area (Å²) >= 11 is 0. The van der Waals surface area contributed by atoms with Gasteiger partial charge in [0.15, 0.2) is 22.9 Å². The zero-order chi connectivity index (χ0) is 23.5. The van der Waals surface area contributed by atoms with Crippen LogP contribution in [0.25, 0.3) is 11.6 Å². The van der Waals surface area contributed by atoms with Gasteiger partial charge in [-0.2, -0.15) is 0 Å². The van der Waals surface area contributed by atoms with Crippen molar-refractivity contribution in [2.24, 2.45) is 4.99 Å². The minimum Gasteiger partial charge on any atom is -0.504 e. The molecule has 0 amide bonds. The highest BCUT2D eigenvalue weighted by molar-refractivity contribution is 6.21. The molecule has 0 atom stereocenters. The zero-order valence-electron chi connectivity index (χ0n) is 18.5. The van der Waals surface area contributed by atoms with Gasteiger partial charge in [-0.3, -0.25) is 0 Å². The Balaban J connectivity index is 1.61. The number of hydrogen-bond acceptors (Lipinski definition) is 8. The minimum absolute atomic E-state index is 0.00865. The molecule has 1 aromatic carbocycles. The molecule has 33 heavy (non-hydrogen) atoms. The smallest absolute Gasteiger partial charge is 0.345 e. The Bertz CT molecular complexity index is 1260. The molecular weight excluding hydrogens is 424 g/mol. The van der Waals surface area contributed by atoms with Crippen LogP contribution in [0.3, 0.4) is 0 Å². The van der Waals surface area contributed by atoms with Crippen LogP contribution in [0.5, 0.6) is 11.5 Å². The number of furan rings is 1. The van der Waals surface area contributed by atoms with Gasteiger partial charge >= 0.3 is 5.97 Å². The normalized spacial score (nSPS) is 13.5. The number of nitrogens with zero attached hydrogens (tertiary/aromatic N) is 3. The third-order valence-corrected chi connectivity index (χ3v) is 5.09. The van der Waals surface area contributed by atoms with Crippen LogP contribution in [0.15, 0.2) is 45.9 Å². The third-order valence-electron chi connectivity index (χ3n) is 5.09. The first-order valence-corrected chi connectivity index (χ1v) is 10.3. The Hall–Kier alpha value is -4.11. The predicted molar refractivity (Wildman–Crippen MR) is 126 cm³/mol. The number of benzene rings is 1. The molecule has 3 aromatic rings. The number of rotatable bonds is 8. The molecule has 0 unspecified atom stereocenters. The van der Waals surface area contributed by atoms with Crippen LogP contribution < -0.4 is 10.1 Å².